The highest BCUT2D eigenvalue weighted by Gasteiger charge is 2.21. The summed E-state index contributed by atoms with van der Waals surface area (Å²) in [6, 6.07) is 14.0. The van der Waals surface area contributed by atoms with Crippen LogP contribution in [0.1, 0.15) is 36.5 Å². The highest BCUT2D eigenvalue weighted by molar-refractivity contribution is 5.93. The minimum atomic E-state index is 0.00767. The zero-order valence-corrected chi connectivity index (χ0v) is 19.5. The fourth-order valence-corrected chi connectivity index (χ4v) is 4.16. The third-order valence-electron chi connectivity index (χ3n) is 6.10. The van der Waals surface area contributed by atoms with Gasteiger partial charge in [-0.15, -0.1) is 0 Å². The number of aryl methyl sites for hydroxylation is 3. The van der Waals surface area contributed by atoms with Gasteiger partial charge in [0.2, 0.25) is 11.8 Å². The molecule has 1 aliphatic heterocycles. The number of rotatable bonds is 8. The molecule has 0 saturated carbocycles. The molecule has 0 spiro atoms. The van der Waals surface area contributed by atoms with Crippen molar-refractivity contribution in [1.29, 1.82) is 0 Å². The Morgan fingerprint density at radius 2 is 1.81 bits per heavy atom. The van der Waals surface area contributed by atoms with Crippen LogP contribution >= 0.6 is 0 Å². The maximum Gasteiger partial charge on any atom is 0.238 e. The molecule has 2 aromatic carbocycles. The fraction of sp³-hybridized carbons (Fsp3) is 0.462. The van der Waals surface area contributed by atoms with Crippen LogP contribution in [-0.4, -0.2) is 61.4 Å². The summed E-state index contributed by atoms with van der Waals surface area (Å²) in [4.78, 5) is 29.5. The number of hydrogen-bond acceptors (Lipinski definition) is 4. The first kappa shape index (κ1) is 23.8. The highest BCUT2D eigenvalue weighted by atomic mass is 16.5. The summed E-state index contributed by atoms with van der Waals surface area (Å²) in [6.07, 6.45) is 2.99. The van der Waals surface area contributed by atoms with E-state index in [9.17, 15) is 9.59 Å². The van der Waals surface area contributed by atoms with Gasteiger partial charge in [-0.2, -0.15) is 0 Å². The lowest BCUT2D eigenvalue weighted by molar-refractivity contribution is -0.131. The summed E-state index contributed by atoms with van der Waals surface area (Å²) in [7, 11) is 1.65. The Kier molecular flexibility index (Phi) is 8.68. The molecule has 1 heterocycles. The Morgan fingerprint density at radius 3 is 2.53 bits per heavy atom. The predicted molar refractivity (Wildman–Crippen MR) is 128 cm³/mol. The molecule has 172 valence electrons. The van der Waals surface area contributed by atoms with Crippen LogP contribution in [0.15, 0.2) is 42.5 Å². The average Bonchev–Trinajstić information content (AvgIpc) is 3.04. The van der Waals surface area contributed by atoms with E-state index in [0.29, 0.717) is 19.5 Å². The van der Waals surface area contributed by atoms with Gasteiger partial charge in [0, 0.05) is 38.3 Å². The van der Waals surface area contributed by atoms with Gasteiger partial charge in [-0.05, 0) is 55.0 Å². The van der Waals surface area contributed by atoms with Crippen LogP contribution in [0.2, 0.25) is 0 Å². The summed E-state index contributed by atoms with van der Waals surface area (Å²) >= 11 is 0. The molecule has 0 aromatic heterocycles. The molecule has 6 heteroatoms. The number of methoxy groups -OCH3 is 1. The van der Waals surface area contributed by atoms with Crippen molar-refractivity contribution in [3.63, 3.8) is 0 Å². The van der Waals surface area contributed by atoms with Gasteiger partial charge in [-0.25, -0.2) is 0 Å². The van der Waals surface area contributed by atoms with E-state index in [4.69, 9.17) is 4.74 Å². The van der Waals surface area contributed by atoms with Gasteiger partial charge < -0.3 is 15.0 Å². The molecule has 0 unspecified atom stereocenters. The lowest BCUT2D eigenvalue weighted by Crippen LogP contribution is -2.38. The van der Waals surface area contributed by atoms with Gasteiger partial charge >= 0.3 is 0 Å². The second-order valence-electron chi connectivity index (χ2n) is 8.37. The molecule has 32 heavy (non-hydrogen) atoms. The van der Waals surface area contributed by atoms with Gasteiger partial charge in [0.1, 0.15) is 5.75 Å². The number of carbonyl (C=O) groups is 2. The second kappa shape index (κ2) is 11.7. The lowest BCUT2D eigenvalue weighted by atomic mass is 10.1. The fourth-order valence-electron chi connectivity index (χ4n) is 4.16. The Morgan fingerprint density at radius 1 is 1.03 bits per heavy atom. The molecule has 1 aliphatic rings. The second-order valence-corrected chi connectivity index (χ2v) is 8.37. The van der Waals surface area contributed by atoms with Crippen molar-refractivity contribution >= 4 is 17.5 Å². The van der Waals surface area contributed by atoms with Crippen molar-refractivity contribution in [1.82, 2.24) is 9.80 Å². The van der Waals surface area contributed by atoms with Gasteiger partial charge in [-0.3, -0.25) is 14.5 Å². The molecule has 0 bridgehead atoms. The van der Waals surface area contributed by atoms with Crippen LogP contribution in [0, 0.1) is 6.92 Å². The minimum Gasteiger partial charge on any atom is -0.497 e. The van der Waals surface area contributed by atoms with Crippen LogP contribution in [0.3, 0.4) is 0 Å². The van der Waals surface area contributed by atoms with Gasteiger partial charge in [-0.1, -0.05) is 37.3 Å². The SMILES string of the molecule is CCc1cccc(C)c1NC(=O)CN1CCCN(C(=O)CCc2ccc(OC)cc2)CC1. The number of para-hydroxylation sites is 1. The first-order chi connectivity index (χ1) is 15.5. The molecular formula is C26H35N3O3. The van der Waals surface area contributed by atoms with E-state index in [-0.39, 0.29) is 11.8 Å². The number of nitrogens with zero attached hydrogens (tertiary/aromatic N) is 2. The number of amides is 2. The molecule has 1 N–H and O–H groups in total. The van der Waals surface area contributed by atoms with Crippen molar-refractivity contribution in [3.05, 3.63) is 59.2 Å². The molecule has 0 aliphatic carbocycles. The van der Waals surface area contributed by atoms with E-state index in [1.165, 1.54) is 0 Å². The van der Waals surface area contributed by atoms with E-state index < -0.39 is 0 Å². The molecule has 6 nitrogen and oxygen atoms in total. The first-order valence-corrected chi connectivity index (χ1v) is 11.5. The topological polar surface area (TPSA) is 61.9 Å². The number of benzene rings is 2. The minimum absolute atomic E-state index is 0.00767. The normalized spacial score (nSPS) is 14.7. The Bertz CT molecular complexity index is 911. The highest BCUT2D eigenvalue weighted by Crippen LogP contribution is 2.21. The van der Waals surface area contributed by atoms with Crippen molar-refractivity contribution < 1.29 is 14.3 Å². The number of ether oxygens (including phenoxy) is 1. The Hall–Kier alpha value is -2.86. The maximum absolute atomic E-state index is 12.7. The molecule has 1 saturated heterocycles. The largest absolute Gasteiger partial charge is 0.497 e. The standard InChI is InChI=1S/C26H35N3O3/c1-4-22-8-5-7-20(2)26(22)27-24(30)19-28-15-6-16-29(18-17-28)25(31)14-11-21-9-12-23(32-3)13-10-21/h5,7-10,12-13H,4,6,11,14-19H2,1-3H3,(H,27,30). The smallest absolute Gasteiger partial charge is 0.238 e. The lowest BCUT2D eigenvalue weighted by Gasteiger charge is -2.22. The monoisotopic (exact) mass is 437 g/mol. The van der Waals surface area contributed by atoms with Crippen LogP contribution < -0.4 is 10.1 Å². The summed E-state index contributed by atoms with van der Waals surface area (Å²) in [5, 5.41) is 3.11. The maximum atomic E-state index is 12.7. The Balaban J connectivity index is 1.47. The summed E-state index contributed by atoms with van der Waals surface area (Å²) < 4.78 is 5.18. The molecular weight excluding hydrogens is 402 g/mol. The third-order valence-corrected chi connectivity index (χ3v) is 6.10. The average molecular weight is 438 g/mol. The van der Waals surface area contributed by atoms with E-state index in [1.807, 2.05) is 48.2 Å². The van der Waals surface area contributed by atoms with E-state index in [1.54, 1.807) is 7.11 Å². The molecule has 2 amide bonds. The first-order valence-electron chi connectivity index (χ1n) is 11.5. The van der Waals surface area contributed by atoms with Crippen molar-refractivity contribution in [3.8, 4) is 5.75 Å². The molecule has 2 aromatic rings. The number of hydrogen-bond donors (Lipinski definition) is 1. The summed E-state index contributed by atoms with van der Waals surface area (Å²) in [5.41, 5.74) is 4.31. The molecule has 1 fully saturated rings. The van der Waals surface area contributed by atoms with Crippen molar-refractivity contribution in [2.24, 2.45) is 0 Å². The van der Waals surface area contributed by atoms with E-state index in [0.717, 1.165) is 67.0 Å². The van der Waals surface area contributed by atoms with Gasteiger partial charge in [0.05, 0.1) is 13.7 Å². The number of nitrogens with one attached hydrogen (secondary N) is 1. The Labute approximate surface area is 191 Å². The zero-order chi connectivity index (χ0) is 22.9. The van der Waals surface area contributed by atoms with Crippen LogP contribution in [0.25, 0.3) is 0 Å². The van der Waals surface area contributed by atoms with E-state index in [2.05, 4.69) is 23.2 Å². The van der Waals surface area contributed by atoms with Gasteiger partial charge in [0.25, 0.3) is 0 Å². The third kappa shape index (κ3) is 6.57. The quantitative estimate of drug-likeness (QED) is 0.685. The van der Waals surface area contributed by atoms with Crippen LogP contribution in [0.5, 0.6) is 5.75 Å². The predicted octanol–water partition coefficient (Wildman–Crippen LogP) is 3.67. The number of carbonyl (C=O) groups excluding carboxylic acids is 2. The van der Waals surface area contributed by atoms with Gasteiger partial charge in [0.15, 0.2) is 0 Å². The number of anilines is 1. The van der Waals surface area contributed by atoms with Crippen molar-refractivity contribution in [2.45, 2.75) is 39.5 Å². The van der Waals surface area contributed by atoms with E-state index >= 15 is 0 Å². The molecule has 0 radical (unpaired) electrons. The van der Waals surface area contributed by atoms with Crippen molar-refractivity contribution in [2.75, 3.05) is 45.2 Å². The molecule has 0 atom stereocenters. The van der Waals surface area contributed by atoms with Crippen LogP contribution in [0.4, 0.5) is 5.69 Å². The zero-order valence-electron chi connectivity index (χ0n) is 19.5. The van der Waals surface area contributed by atoms with Crippen LogP contribution in [-0.2, 0) is 22.4 Å². The molecule has 3 rings (SSSR count). The summed E-state index contributed by atoms with van der Waals surface area (Å²) in [6.45, 7) is 7.43. The summed E-state index contributed by atoms with van der Waals surface area (Å²) in [5.74, 6) is 1.01.